The van der Waals surface area contributed by atoms with Gasteiger partial charge in [-0.3, -0.25) is 9.80 Å². The number of carbonyl (C=O) groups is 2. The van der Waals surface area contributed by atoms with Crippen LogP contribution in [0.2, 0.25) is 0 Å². The number of ether oxygens (including phenoxy) is 1. The molecule has 6 nitrogen and oxygen atoms in total. The largest absolute Gasteiger partial charge is 0.465 e. The minimum Gasteiger partial charge on any atom is -0.465 e. The molecule has 1 saturated heterocycles. The number of nitrogens with one attached hydrogen (secondary N) is 1. The highest BCUT2D eigenvalue weighted by Crippen LogP contribution is 2.46. The molecular weight excluding hydrogens is 378 g/mol. The predicted octanol–water partition coefficient (Wildman–Crippen LogP) is 3.77. The molecule has 1 heterocycles. The Morgan fingerprint density at radius 3 is 2.27 bits per heavy atom. The van der Waals surface area contributed by atoms with Crippen LogP contribution >= 0.6 is 0 Å². The summed E-state index contributed by atoms with van der Waals surface area (Å²) in [5, 5.41) is 3.25. The van der Waals surface area contributed by atoms with Crippen molar-refractivity contribution in [1.29, 1.82) is 0 Å². The maximum atomic E-state index is 12.9. The lowest BCUT2D eigenvalue weighted by atomic mass is 9.69. The molecule has 2 aromatic carbocycles. The van der Waals surface area contributed by atoms with Crippen LogP contribution in [0.3, 0.4) is 0 Å². The topological polar surface area (TPSA) is 61.9 Å². The molecule has 1 aliphatic carbocycles. The molecular formula is C24H29N3O3. The Kier molecular flexibility index (Phi) is 5.28. The monoisotopic (exact) mass is 407 g/mol. The average Bonchev–Trinajstić information content (AvgIpc) is 3.10. The molecule has 0 aromatic heterocycles. The Bertz CT molecular complexity index is 934. The van der Waals surface area contributed by atoms with Crippen LogP contribution in [-0.4, -0.2) is 50.2 Å². The SMILES string of the molecule is COC(=O)c1ccccc1N1C[C@]2(CC[C@](c3ccccc3)(N(C)C)CC2)NC1=O. The molecule has 4 rings (SSSR count). The number of benzene rings is 2. The molecule has 2 aromatic rings. The lowest BCUT2D eigenvalue weighted by Gasteiger charge is -2.48. The van der Waals surface area contributed by atoms with Crippen LogP contribution in [0.1, 0.15) is 41.6 Å². The van der Waals surface area contributed by atoms with Gasteiger partial charge in [-0.05, 0) is 57.5 Å². The lowest BCUT2D eigenvalue weighted by molar-refractivity contribution is 0.0601. The van der Waals surface area contributed by atoms with E-state index in [1.54, 1.807) is 17.0 Å². The van der Waals surface area contributed by atoms with E-state index in [9.17, 15) is 9.59 Å². The quantitative estimate of drug-likeness (QED) is 0.784. The number of methoxy groups -OCH3 is 1. The van der Waals surface area contributed by atoms with Gasteiger partial charge in [-0.2, -0.15) is 0 Å². The number of esters is 1. The third-order valence-corrected chi connectivity index (χ3v) is 6.88. The molecule has 1 aliphatic heterocycles. The Labute approximate surface area is 177 Å². The Hall–Kier alpha value is -2.86. The van der Waals surface area contributed by atoms with Crippen molar-refractivity contribution in [3.63, 3.8) is 0 Å². The molecule has 0 atom stereocenters. The van der Waals surface area contributed by atoms with E-state index in [1.165, 1.54) is 12.7 Å². The van der Waals surface area contributed by atoms with Gasteiger partial charge in [0, 0.05) is 5.54 Å². The van der Waals surface area contributed by atoms with Crippen molar-refractivity contribution in [2.45, 2.75) is 36.8 Å². The summed E-state index contributed by atoms with van der Waals surface area (Å²) in [7, 11) is 5.63. The first-order valence-corrected chi connectivity index (χ1v) is 10.4. The van der Waals surface area contributed by atoms with Crippen LogP contribution in [0.25, 0.3) is 0 Å². The van der Waals surface area contributed by atoms with E-state index < -0.39 is 5.97 Å². The number of carbonyl (C=O) groups excluding carboxylic acids is 2. The van der Waals surface area contributed by atoms with Crippen LogP contribution in [-0.2, 0) is 10.3 Å². The predicted molar refractivity (Wildman–Crippen MR) is 117 cm³/mol. The maximum absolute atomic E-state index is 12.9. The normalized spacial score (nSPS) is 26.1. The van der Waals surface area contributed by atoms with Crippen LogP contribution in [0.5, 0.6) is 0 Å². The standard InChI is InChI=1S/C24H29N3O3/c1-26(2)24(18-9-5-4-6-10-18)15-13-23(14-16-24)17-27(22(29)25-23)20-12-8-7-11-19(20)21(28)30-3/h4-12H,13-17H2,1-3H3,(H,25,29)/t23-,24+. The van der Waals surface area contributed by atoms with Crippen LogP contribution in [0, 0.1) is 0 Å². The van der Waals surface area contributed by atoms with Gasteiger partial charge in [-0.1, -0.05) is 42.5 Å². The highest BCUT2D eigenvalue weighted by atomic mass is 16.5. The van der Waals surface area contributed by atoms with Crippen LogP contribution in [0.4, 0.5) is 10.5 Å². The van der Waals surface area contributed by atoms with E-state index in [1.807, 2.05) is 18.2 Å². The Morgan fingerprint density at radius 2 is 1.63 bits per heavy atom. The molecule has 2 fully saturated rings. The van der Waals surface area contributed by atoms with E-state index >= 15 is 0 Å². The van der Waals surface area contributed by atoms with Crippen molar-refractivity contribution in [1.82, 2.24) is 10.2 Å². The zero-order valence-electron chi connectivity index (χ0n) is 17.9. The van der Waals surface area contributed by atoms with Gasteiger partial charge in [0.05, 0.1) is 30.4 Å². The van der Waals surface area contributed by atoms with Gasteiger partial charge >= 0.3 is 12.0 Å². The number of urea groups is 1. The summed E-state index contributed by atoms with van der Waals surface area (Å²) in [5.41, 5.74) is 2.02. The van der Waals surface area contributed by atoms with Crippen LogP contribution < -0.4 is 10.2 Å². The number of amides is 2. The van der Waals surface area contributed by atoms with Gasteiger partial charge in [-0.25, -0.2) is 9.59 Å². The molecule has 6 heteroatoms. The van der Waals surface area contributed by atoms with E-state index in [2.05, 4.69) is 48.6 Å². The second-order valence-corrected chi connectivity index (χ2v) is 8.60. The van der Waals surface area contributed by atoms with Crippen LogP contribution in [0.15, 0.2) is 54.6 Å². The molecule has 30 heavy (non-hydrogen) atoms. The van der Waals surface area contributed by atoms with Gasteiger partial charge in [0.25, 0.3) is 0 Å². The summed E-state index contributed by atoms with van der Waals surface area (Å²) in [6, 6.07) is 17.6. The number of para-hydroxylation sites is 1. The van der Waals surface area contributed by atoms with Crippen molar-refractivity contribution >= 4 is 17.7 Å². The summed E-state index contributed by atoms with van der Waals surface area (Å²) in [6.45, 7) is 0.554. The first-order chi connectivity index (χ1) is 14.4. The van der Waals surface area contributed by atoms with Gasteiger partial charge < -0.3 is 10.1 Å². The number of nitrogens with zero attached hydrogens (tertiary/aromatic N) is 2. The molecule has 1 saturated carbocycles. The molecule has 158 valence electrons. The first kappa shape index (κ1) is 20.4. The van der Waals surface area contributed by atoms with Crippen molar-refractivity contribution in [3.8, 4) is 0 Å². The molecule has 0 bridgehead atoms. The third-order valence-electron chi connectivity index (χ3n) is 6.88. The summed E-state index contributed by atoms with van der Waals surface area (Å²) < 4.78 is 4.91. The lowest BCUT2D eigenvalue weighted by Crippen LogP contribution is -2.54. The van der Waals surface area contributed by atoms with E-state index in [-0.39, 0.29) is 17.1 Å². The summed E-state index contributed by atoms with van der Waals surface area (Å²) in [5.74, 6) is -0.432. The summed E-state index contributed by atoms with van der Waals surface area (Å²) in [6.07, 6.45) is 3.67. The number of anilines is 1. The zero-order chi connectivity index (χ0) is 21.4. The highest BCUT2D eigenvalue weighted by Gasteiger charge is 2.50. The fourth-order valence-corrected chi connectivity index (χ4v) is 5.06. The van der Waals surface area contributed by atoms with Crippen molar-refractivity contribution in [2.24, 2.45) is 0 Å². The Morgan fingerprint density at radius 1 is 1.00 bits per heavy atom. The maximum Gasteiger partial charge on any atom is 0.339 e. The fraction of sp³-hybridized carbons (Fsp3) is 0.417. The molecule has 2 aliphatic rings. The average molecular weight is 408 g/mol. The van der Waals surface area contributed by atoms with E-state index in [0.29, 0.717) is 17.8 Å². The number of hydrogen-bond acceptors (Lipinski definition) is 4. The van der Waals surface area contributed by atoms with Gasteiger partial charge in [0.15, 0.2) is 0 Å². The number of rotatable bonds is 4. The van der Waals surface area contributed by atoms with Crippen molar-refractivity contribution in [2.75, 3.05) is 32.6 Å². The minimum atomic E-state index is -0.432. The van der Waals surface area contributed by atoms with Gasteiger partial charge in [-0.15, -0.1) is 0 Å². The summed E-state index contributed by atoms with van der Waals surface area (Å²) >= 11 is 0. The zero-order valence-corrected chi connectivity index (χ0v) is 17.9. The van der Waals surface area contributed by atoms with Crippen molar-refractivity contribution in [3.05, 3.63) is 65.7 Å². The minimum absolute atomic E-state index is 0.0332. The van der Waals surface area contributed by atoms with Gasteiger partial charge in [0.2, 0.25) is 0 Å². The highest BCUT2D eigenvalue weighted by molar-refractivity contribution is 6.03. The smallest absolute Gasteiger partial charge is 0.339 e. The molecule has 2 amide bonds. The van der Waals surface area contributed by atoms with E-state index in [0.717, 1.165) is 25.7 Å². The molecule has 1 spiro atoms. The fourth-order valence-electron chi connectivity index (χ4n) is 5.06. The second kappa shape index (κ2) is 7.76. The number of hydrogen-bond donors (Lipinski definition) is 1. The molecule has 0 radical (unpaired) electrons. The third kappa shape index (κ3) is 3.35. The van der Waals surface area contributed by atoms with Gasteiger partial charge in [0.1, 0.15) is 0 Å². The van der Waals surface area contributed by atoms with Crippen molar-refractivity contribution < 1.29 is 14.3 Å². The second-order valence-electron chi connectivity index (χ2n) is 8.60. The molecule has 1 N–H and O–H groups in total. The molecule has 0 unspecified atom stereocenters. The summed E-state index contributed by atoms with van der Waals surface area (Å²) in [4.78, 5) is 29.1. The first-order valence-electron chi connectivity index (χ1n) is 10.4. The van der Waals surface area contributed by atoms with E-state index in [4.69, 9.17) is 4.74 Å². The Balaban J connectivity index is 1.58.